The van der Waals surface area contributed by atoms with Gasteiger partial charge in [-0.25, -0.2) is 4.39 Å². The van der Waals surface area contributed by atoms with Crippen LogP contribution in [0.4, 0.5) is 17.6 Å². The summed E-state index contributed by atoms with van der Waals surface area (Å²) in [5, 5.41) is 13.1. The summed E-state index contributed by atoms with van der Waals surface area (Å²) >= 11 is 0. The van der Waals surface area contributed by atoms with Crippen LogP contribution in [0.2, 0.25) is 0 Å². The Kier molecular flexibility index (Phi) is 11.6. The molecule has 0 spiro atoms. The second-order valence-corrected chi connectivity index (χ2v) is 11.1. The first-order chi connectivity index (χ1) is 22.8. The van der Waals surface area contributed by atoms with Crippen molar-refractivity contribution < 1.29 is 46.5 Å². The number of ether oxygens (including phenoxy) is 2. The third-order valence-electron chi connectivity index (χ3n) is 7.27. The normalized spacial score (nSPS) is 12.3. The van der Waals surface area contributed by atoms with E-state index < -0.39 is 41.7 Å². The van der Waals surface area contributed by atoms with Crippen molar-refractivity contribution in [1.82, 2.24) is 9.88 Å². The molecule has 0 fully saturated rings. The average molecular weight is 667 g/mol. The standard InChI is InChI=1S/C36H34F4N2O6/c1-22(2)42-30(18-15-27(43)19-28(44)20-31(45)47-3)32(25-11-13-26(37)14-12-25)33(24-7-5-4-6-8-24)34(42)35(46)41-21-23-9-16-29(17-10-23)48-36(38,39)40/h4-18,22,28,44H,19-21H2,1-3H3,(H,41,46)/t28-/m1/s1. The van der Waals surface area contributed by atoms with E-state index in [1.165, 1.54) is 43.5 Å². The Morgan fingerprint density at radius 2 is 1.52 bits per heavy atom. The molecule has 12 heteroatoms. The number of halogens is 4. The van der Waals surface area contributed by atoms with Crippen molar-refractivity contribution >= 4 is 23.7 Å². The maximum atomic E-state index is 14.1. The molecule has 1 aromatic heterocycles. The van der Waals surface area contributed by atoms with Crippen molar-refractivity contribution in [1.29, 1.82) is 0 Å². The number of aliphatic hydroxyl groups excluding tert-OH is 1. The highest BCUT2D eigenvalue weighted by Crippen LogP contribution is 2.42. The molecule has 4 rings (SSSR count). The smallest absolute Gasteiger partial charge is 0.469 e. The lowest BCUT2D eigenvalue weighted by molar-refractivity contribution is -0.274. The first-order valence-corrected chi connectivity index (χ1v) is 15.0. The van der Waals surface area contributed by atoms with Crippen LogP contribution in [0.25, 0.3) is 28.3 Å². The van der Waals surface area contributed by atoms with Gasteiger partial charge in [-0.05, 0) is 67.0 Å². The molecule has 2 N–H and O–H groups in total. The summed E-state index contributed by atoms with van der Waals surface area (Å²) in [5.41, 5.74) is 3.44. The summed E-state index contributed by atoms with van der Waals surface area (Å²) in [4.78, 5) is 38.6. The van der Waals surface area contributed by atoms with Crippen LogP contribution >= 0.6 is 0 Å². The quantitative estimate of drug-likeness (QED) is 0.0884. The van der Waals surface area contributed by atoms with Crippen molar-refractivity contribution in [3.63, 3.8) is 0 Å². The minimum absolute atomic E-state index is 0.0315. The molecule has 0 aliphatic rings. The van der Waals surface area contributed by atoms with Gasteiger partial charge in [-0.15, -0.1) is 13.2 Å². The number of aliphatic hydroxyl groups is 1. The number of allylic oxidation sites excluding steroid dienone is 1. The predicted octanol–water partition coefficient (Wildman–Crippen LogP) is 7.27. The largest absolute Gasteiger partial charge is 0.573 e. The van der Waals surface area contributed by atoms with Gasteiger partial charge in [0.25, 0.3) is 5.91 Å². The van der Waals surface area contributed by atoms with Crippen LogP contribution in [0.5, 0.6) is 5.75 Å². The molecule has 0 aliphatic carbocycles. The molecule has 1 atom stereocenters. The molecule has 8 nitrogen and oxygen atoms in total. The van der Waals surface area contributed by atoms with Crippen LogP contribution in [-0.2, 0) is 20.9 Å². The van der Waals surface area contributed by atoms with Gasteiger partial charge in [-0.2, -0.15) is 0 Å². The third-order valence-corrected chi connectivity index (χ3v) is 7.27. The SMILES string of the molecule is COC(=O)C[C@H](O)CC(=O)C=Cc1c(-c2ccc(F)cc2)c(-c2ccccc2)c(C(=O)NCc2ccc(OC(F)(F)F)cc2)n1C(C)C. The number of esters is 1. The number of nitrogens with zero attached hydrogens (tertiary/aromatic N) is 1. The van der Waals surface area contributed by atoms with E-state index in [-0.39, 0.29) is 31.1 Å². The van der Waals surface area contributed by atoms with Gasteiger partial charge in [0, 0.05) is 30.1 Å². The Morgan fingerprint density at radius 1 is 0.896 bits per heavy atom. The van der Waals surface area contributed by atoms with Crippen LogP contribution in [0.15, 0.2) is 84.9 Å². The molecule has 0 radical (unpaired) electrons. The molecule has 0 saturated heterocycles. The van der Waals surface area contributed by atoms with Gasteiger partial charge in [0.1, 0.15) is 17.3 Å². The zero-order valence-electron chi connectivity index (χ0n) is 26.4. The number of carbonyl (C=O) groups excluding carboxylic acids is 3. The number of nitrogens with one attached hydrogen (secondary N) is 1. The van der Waals surface area contributed by atoms with Crippen molar-refractivity contribution in [2.45, 2.75) is 51.7 Å². The molecular formula is C36H34F4N2O6. The summed E-state index contributed by atoms with van der Waals surface area (Å²) in [5.74, 6) is -2.54. The lowest BCUT2D eigenvalue weighted by atomic mass is 9.94. The van der Waals surface area contributed by atoms with E-state index in [2.05, 4.69) is 14.8 Å². The lowest BCUT2D eigenvalue weighted by Gasteiger charge is -2.17. The minimum Gasteiger partial charge on any atom is -0.469 e. The van der Waals surface area contributed by atoms with E-state index in [1.807, 2.05) is 32.0 Å². The summed E-state index contributed by atoms with van der Waals surface area (Å²) in [6.45, 7) is 3.66. The van der Waals surface area contributed by atoms with E-state index in [0.29, 0.717) is 33.5 Å². The first kappa shape index (κ1) is 35.6. The molecule has 1 amide bonds. The van der Waals surface area contributed by atoms with Gasteiger partial charge in [-0.1, -0.05) is 54.6 Å². The fourth-order valence-electron chi connectivity index (χ4n) is 5.22. The van der Waals surface area contributed by atoms with E-state index in [9.17, 15) is 37.1 Å². The molecule has 1 heterocycles. The maximum Gasteiger partial charge on any atom is 0.573 e. The number of benzene rings is 3. The summed E-state index contributed by atoms with van der Waals surface area (Å²) < 4.78 is 62.1. The molecule has 3 aromatic carbocycles. The van der Waals surface area contributed by atoms with Crippen molar-refractivity contribution in [2.75, 3.05) is 7.11 Å². The topological polar surface area (TPSA) is 107 Å². The highest BCUT2D eigenvalue weighted by molar-refractivity contribution is 6.07. The molecular weight excluding hydrogens is 632 g/mol. The summed E-state index contributed by atoms with van der Waals surface area (Å²) in [6, 6.07) is 19.5. The van der Waals surface area contributed by atoms with Crippen molar-refractivity contribution in [3.8, 4) is 28.0 Å². The van der Waals surface area contributed by atoms with Gasteiger partial charge in [-0.3, -0.25) is 14.4 Å². The fraction of sp³-hybridized carbons (Fsp3) is 0.250. The highest BCUT2D eigenvalue weighted by atomic mass is 19.4. The number of carbonyl (C=O) groups is 3. The Balaban J connectivity index is 1.82. The third kappa shape index (κ3) is 9.19. The Morgan fingerprint density at radius 3 is 2.10 bits per heavy atom. The van der Waals surface area contributed by atoms with Gasteiger partial charge in [0.05, 0.1) is 25.3 Å². The Hall–Kier alpha value is -5.23. The number of amides is 1. The zero-order chi connectivity index (χ0) is 35.0. The van der Waals surface area contributed by atoms with E-state index in [4.69, 9.17) is 0 Å². The molecule has 0 bridgehead atoms. The van der Waals surface area contributed by atoms with E-state index in [1.54, 1.807) is 28.8 Å². The summed E-state index contributed by atoms with van der Waals surface area (Å²) in [7, 11) is 1.18. The van der Waals surface area contributed by atoms with Gasteiger partial charge >= 0.3 is 12.3 Å². The number of ketones is 1. The maximum absolute atomic E-state index is 14.1. The average Bonchev–Trinajstić information content (AvgIpc) is 3.38. The van der Waals surface area contributed by atoms with Crippen molar-refractivity contribution in [2.24, 2.45) is 0 Å². The van der Waals surface area contributed by atoms with Crippen LogP contribution in [0, 0.1) is 5.82 Å². The number of aromatic nitrogens is 1. The predicted molar refractivity (Wildman–Crippen MR) is 171 cm³/mol. The van der Waals surface area contributed by atoms with E-state index in [0.717, 1.165) is 12.1 Å². The van der Waals surface area contributed by atoms with Gasteiger partial charge in [0.15, 0.2) is 5.78 Å². The number of hydrogen-bond acceptors (Lipinski definition) is 6. The zero-order valence-corrected chi connectivity index (χ0v) is 26.4. The number of hydrogen-bond donors (Lipinski definition) is 2. The van der Waals surface area contributed by atoms with Crippen LogP contribution < -0.4 is 10.1 Å². The molecule has 48 heavy (non-hydrogen) atoms. The lowest BCUT2D eigenvalue weighted by Crippen LogP contribution is -2.27. The van der Waals surface area contributed by atoms with Crippen LogP contribution in [0.1, 0.15) is 54.5 Å². The number of methoxy groups -OCH3 is 1. The second kappa shape index (κ2) is 15.6. The fourth-order valence-corrected chi connectivity index (χ4v) is 5.22. The monoisotopic (exact) mass is 666 g/mol. The molecule has 0 unspecified atom stereocenters. The van der Waals surface area contributed by atoms with Crippen molar-refractivity contribution in [3.05, 3.63) is 108 Å². The second-order valence-electron chi connectivity index (χ2n) is 11.1. The highest BCUT2D eigenvalue weighted by Gasteiger charge is 2.31. The van der Waals surface area contributed by atoms with Gasteiger partial charge < -0.3 is 24.5 Å². The summed E-state index contributed by atoms with van der Waals surface area (Å²) in [6.07, 6.45) is -4.05. The van der Waals surface area contributed by atoms with Crippen LogP contribution in [-0.4, -0.2) is 46.9 Å². The molecule has 0 saturated carbocycles. The Labute approximate surface area is 274 Å². The first-order valence-electron chi connectivity index (χ1n) is 15.0. The minimum atomic E-state index is -4.84. The van der Waals surface area contributed by atoms with Crippen LogP contribution in [0.3, 0.4) is 0 Å². The molecule has 0 aliphatic heterocycles. The Bertz CT molecular complexity index is 1760. The number of rotatable bonds is 13. The molecule has 252 valence electrons. The number of alkyl halides is 3. The van der Waals surface area contributed by atoms with E-state index >= 15 is 0 Å². The van der Waals surface area contributed by atoms with Gasteiger partial charge in [0.2, 0.25) is 0 Å². The molecule has 4 aromatic rings.